The molecule has 5 heteroatoms. The summed E-state index contributed by atoms with van der Waals surface area (Å²) in [6.07, 6.45) is 27.2. The Bertz CT molecular complexity index is 483. The molecule has 0 unspecified atom stereocenters. The molecule has 0 radical (unpaired) electrons. The summed E-state index contributed by atoms with van der Waals surface area (Å²) in [6.45, 7) is 5.66. The third-order valence-electron chi connectivity index (χ3n) is 5.37. The topological polar surface area (TPSA) is 63.6 Å². The van der Waals surface area contributed by atoms with Crippen molar-refractivity contribution < 1.29 is 17.2 Å². The Morgan fingerprint density at radius 2 is 1.07 bits per heavy atom. The second kappa shape index (κ2) is 18.4. The van der Waals surface area contributed by atoms with Crippen LogP contribution >= 0.6 is 0 Å². The number of rotatable bonds is 21. The van der Waals surface area contributed by atoms with Gasteiger partial charge < -0.3 is 0 Å². The molecule has 0 saturated heterocycles. The highest BCUT2D eigenvalue weighted by molar-refractivity contribution is 7.80. The molecule has 0 bridgehead atoms. The van der Waals surface area contributed by atoms with Gasteiger partial charge in [-0.3, -0.25) is 4.55 Å². The fourth-order valence-electron chi connectivity index (χ4n) is 3.66. The Morgan fingerprint density at radius 1 is 0.690 bits per heavy atom. The summed E-state index contributed by atoms with van der Waals surface area (Å²) in [4.78, 5) is 0. The molecule has 0 aromatic rings. The quantitative estimate of drug-likeness (QED) is 0.113. The molecule has 1 N–H and O–H groups in total. The lowest BCUT2D eigenvalue weighted by molar-refractivity contribution is 0.0876. The summed E-state index contributed by atoms with van der Waals surface area (Å²) in [5, 5.41) is 0. The minimum Gasteiger partial charge on any atom is -0.264 e. The van der Waals surface area contributed by atoms with E-state index in [1.54, 1.807) is 13.8 Å². The van der Waals surface area contributed by atoms with Gasteiger partial charge in [0.15, 0.2) is 0 Å². The number of unbranched alkanes of at least 4 members (excludes halogenated alkanes) is 15. The van der Waals surface area contributed by atoms with Crippen LogP contribution in [0, 0.1) is 0 Å². The van der Waals surface area contributed by atoms with E-state index in [-0.39, 0.29) is 0 Å². The largest absolute Gasteiger partial charge is 0.397 e. The molecule has 4 nitrogen and oxygen atoms in total. The van der Waals surface area contributed by atoms with E-state index in [9.17, 15) is 8.42 Å². The molecule has 0 aromatic carbocycles. The van der Waals surface area contributed by atoms with Crippen molar-refractivity contribution in [2.45, 2.75) is 142 Å². The fourth-order valence-corrected chi connectivity index (χ4v) is 4.31. The lowest BCUT2D eigenvalue weighted by Gasteiger charge is -2.22. The van der Waals surface area contributed by atoms with E-state index in [2.05, 4.69) is 23.3 Å². The van der Waals surface area contributed by atoms with Crippen molar-refractivity contribution in [1.29, 1.82) is 0 Å². The lowest BCUT2D eigenvalue weighted by Crippen LogP contribution is -2.27. The predicted molar refractivity (Wildman–Crippen MR) is 125 cm³/mol. The number of allylic oxidation sites excluding steroid dienone is 2. The molecule has 0 aliphatic rings. The summed E-state index contributed by atoms with van der Waals surface area (Å²) in [5.74, 6) is 0. The minimum atomic E-state index is -4.36. The molecule has 0 aromatic heterocycles. The van der Waals surface area contributed by atoms with E-state index < -0.39 is 16.0 Å². The Hall–Kier alpha value is -0.390. The van der Waals surface area contributed by atoms with E-state index in [1.807, 2.05) is 0 Å². The highest BCUT2D eigenvalue weighted by Crippen LogP contribution is 2.21. The third kappa shape index (κ3) is 23.8. The van der Waals surface area contributed by atoms with E-state index in [0.717, 1.165) is 12.8 Å². The average Bonchev–Trinajstić information content (AvgIpc) is 2.61. The molecule has 0 spiro atoms. The molecule has 0 rings (SSSR count). The summed E-state index contributed by atoms with van der Waals surface area (Å²) < 4.78 is 35.0. The van der Waals surface area contributed by atoms with Crippen molar-refractivity contribution in [2.75, 3.05) is 0 Å². The van der Waals surface area contributed by atoms with Gasteiger partial charge in [-0.1, -0.05) is 103 Å². The highest BCUT2D eigenvalue weighted by atomic mass is 32.3. The normalized spacial score (nSPS) is 12.8. The van der Waals surface area contributed by atoms with Crippen LogP contribution in [0.5, 0.6) is 0 Å². The maximum Gasteiger partial charge on any atom is 0.397 e. The molecule has 0 fully saturated rings. The van der Waals surface area contributed by atoms with Crippen molar-refractivity contribution in [3.8, 4) is 0 Å². The second-order valence-electron chi connectivity index (χ2n) is 9.02. The molecule has 0 heterocycles. The molecule has 29 heavy (non-hydrogen) atoms. The van der Waals surface area contributed by atoms with Gasteiger partial charge >= 0.3 is 10.4 Å². The number of hydrogen-bond acceptors (Lipinski definition) is 3. The van der Waals surface area contributed by atoms with Crippen LogP contribution in [0.1, 0.15) is 136 Å². The van der Waals surface area contributed by atoms with Crippen molar-refractivity contribution in [2.24, 2.45) is 0 Å². The third-order valence-corrected chi connectivity index (χ3v) is 6.03. The molecule has 0 aliphatic heterocycles. The summed E-state index contributed by atoms with van der Waals surface area (Å²) >= 11 is 0. The Balaban J connectivity index is 3.30. The van der Waals surface area contributed by atoms with Gasteiger partial charge in [0.1, 0.15) is 0 Å². The Kier molecular flexibility index (Phi) is 18.1. The fraction of sp³-hybridized carbons (Fsp3) is 0.917. The molecule has 0 saturated carbocycles. The zero-order valence-electron chi connectivity index (χ0n) is 19.5. The summed E-state index contributed by atoms with van der Waals surface area (Å²) in [5.41, 5.74) is -0.823. The van der Waals surface area contributed by atoms with Crippen LogP contribution in [0.3, 0.4) is 0 Å². The zero-order valence-corrected chi connectivity index (χ0v) is 20.3. The highest BCUT2D eigenvalue weighted by Gasteiger charge is 2.24. The second-order valence-corrected chi connectivity index (χ2v) is 10.0. The minimum absolute atomic E-state index is 0.638. The van der Waals surface area contributed by atoms with Crippen LogP contribution in [-0.4, -0.2) is 18.6 Å². The van der Waals surface area contributed by atoms with E-state index in [4.69, 9.17) is 4.55 Å². The van der Waals surface area contributed by atoms with E-state index >= 15 is 0 Å². The van der Waals surface area contributed by atoms with Crippen molar-refractivity contribution in [1.82, 2.24) is 0 Å². The van der Waals surface area contributed by atoms with Gasteiger partial charge in [0.25, 0.3) is 0 Å². The van der Waals surface area contributed by atoms with Gasteiger partial charge in [-0.15, -0.1) is 0 Å². The van der Waals surface area contributed by atoms with Gasteiger partial charge in [0, 0.05) is 0 Å². The molecular weight excluding hydrogens is 384 g/mol. The monoisotopic (exact) mass is 432 g/mol. The van der Waals surface area contributed by atoms with Crippen molar-refractivity contribution >= 4 is 10.4 Å². The smallest absolute Gasteiger partial charge is 0.264 e. The first-order chi connectivity index (χ1) is 13.8. The van der Waals surface area contributed by atoms with Crippen molar-refractivity contribution in [3.63, 3.8) is 0 Å². The summed E-state index contributed by atoms with van der Waals surface area (Å²) in [7, 11) is -4.36. The van der Waals surface area contributed by atoms with Gasteiger partial charge in [-0.2, -0.15) is 8.42 Å². The van der Waals surface area contributed by atoms with Crippen LogP contribution in [0.4, 0.5) is 0 Å². The molecule has 0 amide bonds. The lowest BCUT2D eigenvalue weighted by atomic mass is 9.99. The zero-order chi connectivity index (χ0) is 21.8. The first-order valence-electron chi connectivity index (χ1n) is 12.1. The van der Waals surface area contributed by atoms with Crippen LogP contribution < -0.4 is 0 Å². The van der Waals surface area contributed by atoms with Gasteiger partial charge in [0.05, 0.1) is 5.60 Å². The van der Waals surface area contributed by atoms with Crippen LogP contribution in [0.25, 0.3) is 0 Å². The maximum atomic E-state index is 10.8. The van der Waals surface area contributed by atoms with Crippen LogP contribution in [-0.2, 0) is 14.6 Å². The Morgan fingerprint density at radius 3 is 1.48 bits per heavy atom. The van der Waals surface area contributed by atoms with Crippen molar-refractivity contribution in [3.05, 3.63) is 12.2 Å². The first-order valence-corrected chi connectivity index (χ1v) is 13.5. The predicted octanol–water partition coefficient (Wildman–Crippen LogP) is 8.18. The average molecular weight is 433 g/mol. The number of hydrogen-bond donors (Lipinski definition) is 1. The SMILES string of the molecule is CCCCCCCC/C=C\CCCCCCCCCCCC(C)(C)OS(=O)(=O)O. The summed E-state index contributed by atoms with van der Waals surface area (Å²) in [6, 6.07) is 0. The van der Waals surface area contributed by atoms with E-state index in [0.29, 0.717) is 6.42 Å². The van der Waals surface area contributed by atoms with Gasteiger partial charge in [-0.25, -0.2) is 4.18 Å². The van der Waals surface area contributed by atoms with E-state index in [1.165, 1.54) is 96.3 Å². The molecule has 0 aliphatic carbocycles. The van der Waals surface area contributed by atoms with Crippen LogP contribution in [0.15, 0.2) is 12.2 Å². The molecular formula is C24H48O4S. The van der Waals surface area contributed by atoms with Gasteiger partial charge in [-0.05, 0) is 46.0 Å². The standard InChI is InChI=1S/C24H48O4S/c1-4-5-6-7-8-9-10-11-12-13-14-15-16-17-18-19-20-21-22-23-24(2,3)28-29(25,26)27/h11-12H,4-10,13-23H2,1-3H3,(H,25,26,27)/b12-11-. The maximum absolute atomic E-state index is 10.8. The molecule has 174 valence electrons. The van der Waals surface area contributed by atoms with Crippen LogP contribution in [0.2, 0.25) is 0 Å². The first kappa shape index (κ1) is 28.6. The van der Waals surface area contributed by atoms with Gasteiger partial charge in [0.2, 0.25) is 0 Å². The molecule has 0 atom stereocenters. The Labute approximate surface area is 181 Å².